The van der Waals surface area contributed by atoms with Crippen molar-refractivity contribution < 1.29 is 19.4 Å². The Morgan fingerprint density at radius 2 is 2.20 bits per heavy atom. The van der Waals surface area contributed by atoms with Gasteiger partial charge in [-0.15, -0.1) is 0 Å². The summed E-state index contributed by atoms with van der Waals surface area (Å²) < 4.78 is 11.1. The second kappa shape index (κ2) is 6.46. The predicted molar refractivity (Wildman–Crippen MR) is 76.0 cm³/mol. The molecule has 20 heavy (non-hydrogen) atoms. The van der Waals surface area contributed by atoms with Crippen LogP contribution in [0.25, 0.3) is 0 Å². The topological polar surface area (TPSA) is 55.8 Å². The molecule has 2 aliphatic rings. The molecule has 0 aliphatic carbocycles. The average Bonchev–Trinajstić information content (AvgIpc) is 2.75. The van der Waals surface area contributed by atoms with Crippen molar-refractivity contribution in [2.75, 3.05) is 0 Å². The fourth-order valence-electron chi connectivity index (χ4n) is 2.63. The van der Waals surface area contributed by atoms with Crippen LogP contribution in [-0.4, -0.2) is 23.3 Å². The van der Waals surface area contributed by atoms with Gasteiger partial charge in [-0.05, 0) is 6.42 Å². The number of carbonyl (C=O) groups excluding carboxylic acids is 1. The summed E-state index contributed by atoms with van der Waals surface area (Å²) >= 11 is 0. The monoisotopic (exact) mass is 276 g/mol. The van der Waals surface area contributed by atoms with E-state index in [0.29, 0.717) is 12.8 Å². The summed E-state index contributed by atoms with van der Waals surface area (Å²) in [5.41, 5.74) is 1.05. The van der Waals surface area contributed by atoms with Gasteiger partial charge in [0.2, 0.25) is 0 Å². The molecule has 1 N–H and O–H groups in total. The highest BCUT2D eigenvalue weighted by Gasteiger charge is 2.30. The van der Waals surface area contributed by atoms with E-state index in [2.05, 4.69) is 13.2 Å². The lowest BCUT2D eigenvalue weighted by molar-refractivity contribution is -0.152. The number of allylic oxidation sites excluding steroid dienone is 4. The zero-order valence-corrected chi connectivity index (χ0v) is 11.5. The molecule has 0 bridgehead atoms. The molecule has 0 aromatic heterocycles. The Labute approximate surface area is 119 Å². The van der Waals surface area contributed by atoms with Gasteiger partial charge in [-0.3, -0.25) is 4.79 Å². The third-order valence-corrected chi connectivity index (χ3v) is 3.40. The second-order valence-corrected chi connectivity index (χ2v) is 5.17. The van der Waals surface area contributed by atoms with Gasteiger partial charge in [-0.25, -0.2) is 0 Å². The summed E-state index contributed by atoms with van der Waals surface area (Å²) in [6, 6.07) is 0. The lowest BCUT2D eigenvalue weighted by atomic mass is 9.97. The number of aliphatic hydroxyl groups excluding tert-OH is 1. The van der Waals surface area contributed by atoms with Crippen LogP contribution in [0.5, 0.6) is 0 Å². The van der Waals surface area contributed by atoms with E-state index >= 15 is 0 Å². The van der Waals surface area contributed by atoms with Gasteiger partial charge in [0, 0.05) is 25.3 Å². The Bertz CT molecular complexity index is 473. The Kier molecular flexibility index (Phi) is 4.66. The van der Waals surface area contributed by atoms with E-state index in [1.807, 2.05) is 6.08 Å². The van der Waals surface area contributed by atoms with Gasteiger partial charge in [-0.1, -0.05) is 30.9 Å². The van der Waals surface area contributed by atoms with Gasteiger partial charge < -0.3 is 14.6 Å². The molecule has 2 aliphatic heterocycles. The summed E-state index contributed by atoms with van der Waals surface area (Å²) in [5.74, 6) is 0.555. The molecule has 2 heterocycles. The predicted octanol–water partition coefficient (Wildman–Crippen LogP) is 3.33. The standard InChI is InChI=1S/C16H20O4/c1-3-4-12-8-15(20-16(18)9-12)10-14-6-5-13(19-14)7-11(2)17/h3-4,7,14-15,17H,1-2,5-6,8-10H2. The van der Waals surface area contributed by atoms with Crippen molar-refractivity contribution in [2.24, 2.45) is 0 Å². The highest BCUT2D eigenvalue weighted by Crippen LogP contribution is 2.31. The number of rotatable bonds is 4. The smallest absolute Gasteiger partial charge is 0.310 e. The molecule has 2 rings (SSSR count). The zero-order valence-electron chi connectivity index (χ0n) is 11.5. The third-order valence-electron chi connectivity index (χ3n) is 3.40. The molecular formula is C16H20O4. The summed E-state index contributed by atoms with van der Waals surface area (Å²) in [4.78, 5) is 11.5. The number of ether oxygens (including phenoxy) is 2. The lowest BCUT2D eigenvalue weighted by Crippen LogP contribution is -2.28. The van der Waals surface area contributed by atoms with Crippen LogP contribution in [0.4, 0.5) is 0 Å². The fraction of sp³-hybridized carbons (Fsp3) is 0.438. The number of cyclic esters (lactones) is 1. The lowest BCUT2D eigenvalue weighted by Gasteiger charge is -2.26. The van der Waals surface area contributed by atoms with E-state index in [0.717, 1.165) is 30.6 Å². The van der Waals surface area contributed by atoms with Crippen LogP contribution in [0.2, 0.25) is 0 Å². The largest absolute Gasteiger partial charge is 0.508 e. The van der Waals surface area contributed by atoms with Gasteiger partial charge >= 0.3 is 5.97 Å². The van der Waals surface area contributed by atoms with Crippen LogP contribution in [0.15, 0.2) is 48.5 Å². The van der Waals surface area contributed by atoms with E-state index in [-0.39, 0.29) is 23.9 Å². The van der Waals surface area contributed by atoms with Gasteiger partial charge in [0.25, 0.3) is 0 Å². The summed E-state index contributed by atoms with van der Waals surface area (Å²) in [5, 5.41) is 9.11. The molecule has 0 aromatic rings. The molecule has 4 heteroatoms. The molecular weight excluding hydrogens is 256 g/mol. The maximum absolute atomic E-state index is 11.5. The van der Waals surface area contributed by atoms with Crippen LogP contribution in [0.1, 0.15) is 32.1 Å². The Balaban J connectivity index is 1.90. The molecule has 0 radical (unpaired) electrons. The van der Waals surface area contributed by atoms with E-state index in [4.69, 9.17) is 14.6 Å². The molecule has 108 valence electrons. The summed E-state index contributed by atoms with van der Waals surface area (Å²) in [6.45, 7) is 7.07. The van der Waals surface area contributed by atoms with Gasteiger partial charge in [0.05, 0.1) is 6.42 Å². The minimum atomic E-state index is -0.188. The zero-order chi connectivity index (χ0) is 14.5. The molecule has 2 saturated heterocycles. The van der Waals surface area contributed by atoms with Crippen LogP contribution in [-0.2, 0) is 14.3 Å². The minimum absolute atomic E-state index is 0.000877. The second-order valence-electron chi connectivity index (χ2n) is 5.17. The van der Waals surface area contributed by atoms with Crippen molar-refractivity contribution in [3.63, 3.8) is 0 Å². The highest BCUT2D eigenvalue weighted by atomic mass is 16.5. The number of aliphatic hydroxyl groups is 1. The maximum atomic E-state index is 11.5. The SMILES string of the molecule is C=CC=C1CC(=O)OC(CC2CCC(=CC(=C)O)O2)C1. The summed E-state index contributed by atoms with van der Waals surface area (Å²) in [7, 11) is 0. The van der Waals surface area contributed by atoms with Crippen molar-refractivity contribution in [1.82, 2.24) is 0 Å². The molecule has 4 nitrogen and oxygen atoms in total. The fourth-order valence-corrected chi connectivity index (χ4v) is 2.63. The van der Waals surface area contributed by atoms with Crippen molar-refractivity contribution in [3.05, 3.63) is 48.5 Å². The van der Waals surface area contributed by atoms with Crippen LogP contribution < -0.4 is 0 Å². The molecule has 2 fully saturated rings. The van der Waals surface area contributed by atoms with E-state index in [1.54, 1.807) is 6.08 Å². The molecule has 0 amide bonds. The van der Waals surface area contributed by atoms with Gasteiger partial charge in [-0.2, -0.15) is 0 Å². The number of esters is 1. The Morgan fingerprint density at radius 3 is 2.90 bits per heavy atom. The van der Waals surface area contributed by atoms with Crippen LogP contribution in [0, 0.1) is 0 Å². The highest BCUT2D eigenvalue weighted by molar-refractivity contribution is 5.74. The van der Waals surface area contributed by atoms with E-state index in [9.17, 15) is 4.79 Å². The van der Waals surface area contributed by atoms with Gasteiger partial charge in [0.15, 0.2) is 0 Å². The average molecular weight is 276 g/mol. The van der Waals surface area contributed by atoms with Crippen LogP contribution in [0.3, 0.4) is 0 Å². The van der Waals surface area contributed by atoms with Gasteiger partial charge in [0.1, 0.15) is 23.7 Å². The normalized spacial score (nSPS) is 30.1. The van der Waals surface area contributed by atoms with Crippen molar-refractivity contribution in [3.8, 4) is 0 Å². The van der Waals surface area contributed by atoms with Crippen molar-refractivity contribution >= 4 is 5.97 Å². The molecule has 2 atom stereocenters. The minimum Gasteiger partial charge on any atom is -0.508 e. The first kappa shape index (κ1) is 14.4. The number of hydrogen-bond acceptors (Lipinski definition) is 4. The third kappa shape index (κ3) is 4.02. The maximum Gasteiger partial charge on any atom is 0.310 e. The quantitative estimate of drug-likeness (QED) is 0.632. The summed E-state index contributed by atoms with van der Waals surface area (Å²) in [6.07, 6.45) is 8.42. The molecule has 2 unspecified atom stereocenters. The molecule has 0 spiro atoms. The van der Waals surface area contributed by atoms with E-state index in [1.165, 1.54) is 6.08 Å². The Morgan fingerprint density at radius 1 is 1.40 bits per heavy atom. The van der Waals surface area contributed by atoms with Crippen LogP contribution >= 0.6 is 0 Å². The first-order chi connectivity index (χ1) is 9.56. The molecule has 0 aromatic carbocycles. The van der Waals surface area contributed by atoms with E-state index < -0.39 is 0 Å². The molecule has 0 saturated carbocycles. The van der Waals surface area contributed by atoms with Crippen molar-refractivity contribution in [1.29, 1.82) is 0 Å². The number of carbonyl (C=O) groups is 1. The Hall–Kier alpha value is -1.97. The first-order valence-electron chi connectivity index (χ1n) is 6.82. The number of hydrogen-bond donors (Lipinski definition) is 1. The first-order valence-corrected chi connectivity index (χ1v) is 6.82. The van der Waals surface area contributed by atoms with Crippen molar-refractivity contribution in [2.45, 2.75) is 44.3 Å².